The van der Waals surface area contributed by atoms with E-state index in [4.69, 9.17) is 14.2 Å². The van der Waals surface area contributed by atoms with Gasteiger partial charge in [0.2, 0.25) is 5.75 Å². The Hall–Kier alpha value is -1.56. The lowest BCUT2D eigenvalue weighted by Crippen LogP contribution is -2.19. The summed E-state index contributed by atoms with van der Waals surface area (Å²) in [6, 6.07) is 0. The third-order valence-corrected chi connectivity index (χ3v) is 2.41. The first-order chi connectivity index (χ1) is 7.81. The third kappa shape index (κ3) is 2.33. The summed E-state index contributed by atoms with van der Waals surface area (Å²) in [5.74, 6) is 0.308. The van der Waals surface area contributed by atoms with Crippen LogP contribution in [0.25, 0.3) is 0 Å². The first kappa shape index (κ1) is 10.9. The van der Waals surface area contributed by atoms with Crippen LogP contribution in [0, 0.1) is 0 Å². The molecule has 0 amide bonds. The molecule has 0 aliphatic carbocycles. The molecule has 6 heteroatoms. The average molecular weight is 226 g/mol. The number of H-pyrrole nitrogens is 1. The molecule has 1 fully saturated rings. The molecule has 1 N–H and O–H groups in total. The van der Waals surface area contributed by atoms with Crippen molar-refractivity contribution in [2.75, 3.05) is 20.3 Å². The van der Waals surface area contributed by atoms with Crippen LogP contribution in [-0.2, 0) is 4.74 Å². The minimum absolute atomic E-state index is 0.0887. The molecule has 2 heterocycles. The van der Waals surface area contributed by atoms with E-state index in [0.717, 1.165) is 19.4 Å². The Morgan fingerprint density at radius 3 is 3.25 bits per heavy atom. The zero-order valence-electron chi connectivity index (χ0n) is 9.06. The van der Waals surface area contributed by atoms with Crippen molar-refractivity contribution in [2.24, 2.45) is 0 Å². The van der Waals surface area contributed by atoms with Crippen molar-refractivity contribution in [3.8, 4) is 11.6 Å². The third-order valence-electron chi connectivity index (χ3n) is 2.41. The summed E-state index contributed by atoms with van der Waals surface area (Å²) in [6.45, 7) is 1.17. The Balaban J connectivity index is 2.02. The molecule has 0 radical (unpaired) electrons. The highest BCUT2D eigenvalue weighted by atomic mass is 16.6. The van der Waals surface area contributed by atoms with Crippen molar-refractivity contribution in [1.29, 1.82) is 0 Å². The van der Waals surface area contributed by atoms with Crippen molar-refractivity contribution in [2.45, 2.75) is 18.9 Å². The van der Waals surface area contributed by atoms with Gasteiger partial charge in [0, 0.05) is 6.61 Å². The van der Waals surface area contributed by atoms with E-state index < -0.39 is 0 Å². The average Bonchev–Trinajstić information content (AvgIpc) is 2.79. The highest BCUT2D eigenvalue weighted by molar-refractivity contribution is 5.29. The van der Waals surface area contributed by atoms with E-state index in [1.807, 2.05) is 0 Å². The summed E-state index contributed by atoms with van der Waals surface area (Å²) in [5.41, 5.74) is -0.347. The number of nitrogens with zero attached hydrogens (tertiary/aromatic N) is 1. The van der Waals surface area contributed by atoms with Crippen molar-refractivity contribution in [1.82, 2.24) is 9.97 Å². The van der Waals surface area contributed by atoms with Gasteiger partial charge >= 0.3 is 0 Å². The fourth-order valence-corrected chi connectivity index (χ4v) is 1.60. The lowest BCUT2D eigenvalue weighted by Gasteiger charge is -2.11. The van der Waals surface area contributed by atoms with Gasteiger partial charge in [-0.05, 0) is 12.8 Å². The lowest BCUT2D eigenvalue weighted by molar-refractivity contribution is 0.0650. The second-order valence-electron chi connectivity index (χ2n) is 3.52. The van der Waals surface area contributed by atoms with Crippen molar-refractivity contribution < 1.29 is 14.2 Å². The zero-order chi connectivity index (χ0) is 11.4. The standard InChI is InChI=1S/C10H14N2O4/c1-14-8-9(13)11-6-12-10(8)16-5-7-3-2-4-15-7/h6-7H,2-5H2,1H3,(H,11,12,13). The highest BCUT2D eigenvalue weighted by Gasteiger charge is 2.18. The fraction of sp³-hybridized carbons (Fsp3) is 0.600. The van der Waals surface area contributed by atoms with Crippen LogP contribution in [-0.4, -0.2) is 36.4 Å². The van der Waals surface area contributed by atoms with E-state index in [9.17, 15) is 4.79 Å². The normalized spacial score (nSPS) is 19.7. The molecule has 0 bridgehead atoms. The van der Waals surface area contributed by atoms with Crippen LogP contribution in [0.15, 0.2) is 11.1 Å². The second kappa shape index (κ2) is 4.98. The molecular formula is C10H14N2O4. The summed E-state index contributed by atoms with van der Waals surface area (Å²) in [5, 5.41) is 0. The molecule has 1 unspecified atom stereocenters. The monoisotopic (exact) mass is 226 g/mol. The van der Waals surface area contributed by atoms with Gasteiger partial charge in [0.05, 0.1) is 19.5 Å². The number of aromatic amines is 1. The van der Waals surface area contributed by atoms with E-state index in [2.05, 4.69) is 9.97 Å². The summed E-state index contributed by atoms with van der Waals surface area (Å²) in [7, 11) is 1.41. The quantitative estimate of drug-likeness (QED) is 0.801. The molecule has 1 aliphatic heterocycles. The number of hydrogen-bond acceptors (Lipinski definition) is 5. The predicted octanol–water partition coefficient (Wildman–Crippen LogP) is 0.336. The molecule has 6 nitrogen and oxygen atoms in total. The molecule has 0 spiro atoms. The molecule has 1 atom stereocenters. The van der Waals surface area contributed by atoms with Crippen LogP contribution >= 0.6 is 0 Å². The maximum atomic E-state index is 11.3. The summed E-state index contributed by atoms with van der Waals surface area (Å²) in [4.78, 5) is 17.7. The number of aromatic nitrogens is 2. The maximum absolute atomic E-state index is 11.3. The Morgan fingerprint density at radius 2 is 2.56 bits per heavy atom. The largest absolute Gasteiger partial charge is 0.487 e. The van der Waals surface area contributed by atoms with Crippen LogP contribution in [0.1, 0.15) is 12.8 Å². The minimum Gasteiger partial charge on any atom is -0.487 e. The zero-order valence-corrected chi connectivity index (χ0v) is 9.06. The molecule has 1 aromatic rings. The van der Waals surface area contributed by atoms with Gasteiger partial charge in [-0.15, -0.1) is 0 Å². The number of methoxy groups -OCH3 is 1. The van der Waals surface area contributed by atoms with Crippen LogP contribution in [0.2, 0.25) is 0 Å². The van der Waals surface area contributed by atoms with Crippen molar-refractivity contribution >= 4 is 0 Å². The van der Waals surface area contributed by atoms with Gasteiger partial charge < -0.3 is 19.2 Å². The minimum atomic E-state index is -0.347. The molecular weight excluding hydrogens is 212 g/mol. The molecule has 1 aliphatic rings. The molecule has 0 saturated carbocycles. The Labute approximate surface area is 92.6 Å². The SMILES string of the molecule is COc1c(OCC2CCCO2)nc[nH]c1=O. The molecule has 0 aromatic carbocycles. The number of hydrogen-bond donors (Lipinski definition) is 1. The first-order valence-electron chi connectivity index (χ1n) is 5.17. The van der Waals surface area contributed by atoms with Crippen LogP contribution in [0.5, 0.6) is 11.6 Å². The highest BCUT2D eigenvalue weighted by Crippen LogP contribution is 2.19. The summed E-state index contributed by atoms with van der Waals surface area (Å²) in [6.07, 6.45) is 3.40. The smallest absolute Gasteiger partial charge is 0.297 e. The fourth-order valence-electron chi connectivity index (χ4n) is 1.60. The van der Waals surface area contributed by atoms with Gasteiger partial charge in [-0.25, -0.2) is 4.98 Å². The molecule has 2 rings (SSSR count). The number of rotatable bonds is 4. The van der Waals surface area contributed by atoms with Gasteiger partial charge in [0.1, 0.15) is 6.61 Å². The van der Waals surface area contributed by atoms with E-state index >= 15 is 0 Å². The Kier molecular flexibility index (Phi) is 3.40. The van der Waals surface area contributed by atoms with Gasteiger partial charge in [-0.2, -0.15) is 0 Å². The van der Waals surface area contributed by atoms with E-state index in [0.29, 0.717) is 6.61 Å². The van der Waals surface area contributed by atoms with Gasteiger partial charge in [-0.1, -0.05) is 0 Å². The number of ether oxygens (including phenoxy) is 3. The van der Waals surface area contributed by atoms with Crippen LogP contribution in [0.3, 0.4) is 0 Å². The maximum Gasteiger partial charge on any atom is 0.297 e. The Morgan fingerprint density at radius 1 is 1.69 bits per heavy atom. The molecule has 1 saturated heterocycles. The van der Waals surface area contributed by atoms with Crippen LogP contribution < -0.4 is 15.0 Å². The van der Waals surface area contributed by atoms with Gasteiger partial charge in [0.15, 0.2) is 0 Å². The predicted molar refractivity (Wildman–Crippen MR) is 55.9 cm³/mol. The molecule has 88 valence electrons. The second-order valence-corrected chi connectivity index (χ2v) is 3.52. The topological polar surface area (TPSA) is 73.4 Å². The number of nitrogens with one attached hydrogen (secondary N) is 1. The van der Waals surface area contributed by atoms with Crippen LogP contribution in [0.4, 0.5) is 0 Å². The van der Waals surface area contributed by atoms with E-state index in [-0.39, 0.29) is 23.3 Å². The van der Waals surface area contributed by atoms with Crippen molar-refractivity contribution in [3.05, 3.63) is 16.7 Å². The molecule has 16 heavy (non-hydrogen) atoms. The summed E-state index contributed by atoms with van der Waals surface area (Å²) < 4.78 is 15.7. The lowest BCUT2D eigenvalue weighted by atomic mass is 10.2. The molecule has 1 aromatic heterocycles. The summed E-state index contributed by atoms with van der Waals surface area (Å²) >= 11 is 0. The Bertz CT molecular complexity index is 398. The van der Waals surface area contributed by atoms with Crippen molar-refractivity contribution in [3.63, 3.8) is 0 Å². The van der Waals surface area contributed by atoms with Gasteiger partial charge in [-0.3, -0.25) is 4.79 Å². The van der Waals surface area contributed by atoms with E-state index in [1.54, 1.807) is 0 Å². The van der Waals surface area contributed by atoms with E-state index in [1.165, 1.54) is 13.4 Å². The first-order valence-corrected chi connectivity index (χ1v) is 5.17. The van der Waals surface area contributed by atoms with Gasteiger partial charge in [0.25, 0.3) is 11.4 Å².